The summed E-state index contributed by atoms with van der Waals surface area (Å²) in [6.07, 6.45) is 0. The van der Waals surface area contributed by atoms with Crippen molar-refractivity contribution in [3.8, 4) is 0 Å². The molecule has 0 aliphatic heterocycles. The predicted octanol–water partition coefficient (Wildman–Crippen LogP) is 4.17. The van der Waals surface area contributed by atoms with Crippen LogP contribution in [-0.4, -0.2) is 12.5 Å². The highest BCUT2D eigenvalue weighted by Gasteiger charge is 2.18. The molecule has 0 unspecified atom stereocenters. The fourth-order valence-corrected chi connectivity index (χ4v) is 2.22. The minimum atomic E-state index is -0.370. The number of amides is 1. The maximum Gasteiger partial charge on any atom is 0.243 e. The zero-order chi connectivity index (χ0) is 16.2. The van der Waals surface area contributed by atoms with Crippen molar-refractivity contribution in [2.45, 2.75) is 26.2 Å². The monoisotopic (exact) mass is 300 g/mol. The molecule has 0 aliphatic rings. The number of para-hydroxylation sites is 2. The fraction of sp³-hybridized carbons (Fsp3) is 0.278. The van der Waals surface area contributed by atoms with Crippen molar-refractivity contribution in [1.29, 1.82) is 0 Å². The van der Waals surface area contributed by atoms with Crippen LogP contribution in [0.3, 0.4) is 0 Å². The lowest BCUT2D eigenvalue weighted by Crippen LogP contribution is -2.24. The van der Waals surface area contributed by atoms with Crippen LogP contribution in [0.5, 0.6) is 0 Å². The Hall–Kier alpha value is -2.36. The Kier molecular flexibility index (Phi) is 4.81. The number of halogens is 1. The first-order valence-electron chi connectivity index (χ1n) is 7.25. The van der Waals surface area contributed by atoms with Crippen LogP contribution < -0.4 is 10.6 Å². The summed E-state index contributed by atoms with van der Waals surface area (Å²) in [5, 5.41) is 5.69. The Morgan fingerprint density at radius 2 is 1.59 bits per heavy atom. The molecular formula is C18H21FN2O. The molecule has 0 spiro atoms. The third-order valence-electron chi connectivity index (χ3n) is 3.32. The van der Waals surface area contributed by atoms with E-state index in [1.807, 2.05) is 24.3 Å². The first-order valence-corrected chi connectivity index (χ1v) is 7.25. The van der Waals surface area contributed by atoms with Crippen LogP contribution in [0, 0.1) is 5.82 Å². The number of anilines is 2. The van der Waals surface area contributed by atoms with Crippen molar-refractivity contribution in [3.05, 3.63) is 59.9 Å². The summed E-state index contributed by atoms with van der Waals surface area (Å²) in [5.41, 5.74) is 2.11. The fourth-order valence-electron chi connectivity index (χ4n) is 2.22. The smallest absolute Gasteiger partial charge is 0.243 e. The van der Waals surface area contributed by atoms with Gasteiger partial charge in [-0.2, -0.15) is 0 Å². The highest BCUT2D eigenvalue weighted by Crippen LogP contribution is 2.29. The van der Waals surface area contributed by atoms with Crippen molar-refractivity contribution < 1.29 is 9.18 Å². The van der Waals surface area contributed by atoms with E-state index in [4.69, 9.17) is 0 Å². The zero-order valence-corrected chi connectivity index (χ0v) is 13.1. The molecule has 0 atom stereocenters. The largest absolute Gasteiger partial charge is 0.374 e. The molecule has 4 heteroatoms. The lowest BCUT2D eigenvalue weighted by molar-refractivity contribution is -0.114. The van der Waals surface area contributed by atoms with Crippen LogP contribution in [0.4, 0.5) is 15.8 Å². The highest BCUT2D eigenvalue weighted by molar-refractivity contribution is 5.94. The van der Waals surface area contributed by atoms with Gasteiger partial charge in [-0.3, -0.25) is 4.79 Å². The second-order valence-corrected chi connectivity index (χ2v) is 6.18. The standard InChI is InChI=1S/C18H21FN2O/c1-18(2,3)13-8-4-6-10-15(13)21-17(22)12-20-16-11-7-5-9-14(16)19/h4-11,20H,12H2,1-3H3,(H,21,22). The number of carbonyl (C=O) groups excluding carboxylic acids is 1. The van der Waals surface area contributed by atoms with Gasteiger partial charge in [0.25, 0.3) is 0 Å². The molecular weight excluding hydrogens is 279 g/mol. The highest BCUT2D eigenvalue weighted by atomic mass is 19.1. The van der Waals surface area contributed by atoms with Crippen molar-refractivity contribution >= 4 is 17.3 Å². The van der Waals surface area contributed by atoms with Gasteiger partial charge in [0, 0.05) is 5.69 Å². The minimum Gasteiger partial charge on any atom is -0.374 e. The topological polar surface area (TPSA) is 41.1 Å². The van der Waals surface area contributed by atoms with E-state index in [0.717, 1.165) is 11.3 Å². The number of nitrogens with one attached hydrogen (secondary N) is 2. The second kappa shape index (κ2) is 6.60. The summed E-state index contributed by atoms with van der Waals surface area (Å²) >= 11 is 0. The molecule has 0 saturated heterocycles. The van der Waals surface area contributed by atoms with E-state index in [1.165, 1.54) is 6.07 Å². The minimum absolute atomic E-state index is 0.0133. The summed E-state index contributed by atoms with van der Waals surface area (Å²) in [4.78, 5) is 12.1. The molecule has 0 aliphatic carbocycles. The number of carbonyl (C=O) groups is 1. The molecule has 0 aromatic heterocycles. The Bertz CT molecular complexity index is 662. The van der Waals surface area contributed by atoms with Crippen molar-refractivity contribution in [2.24, 2.45) is 0 Å². The summed E-state index contributed by atoms with van der Waals surface area (Å²) in [5.74, 6) is -0.578. The SMILES string of the molecule is CC(C)(C)c1ccccc1NC(=O)CNc1ccccc1F. The van der Waals surface area contributed by atoms with Gasteiger partial charge in [-0.25, -0.2) is 4.39 Å². The van der Waals surface area contributed by atoms with E-state index in [0.29, 0.717) is 5.69 Å². The van der Waals surface area contributed by atoms with Crippen LogP contribution in [0.25, 0.3) is 0 Å². The van der Waals surface area contributed by atoms with E-state index in [9.17, 15) is 9.18 Å². The molecule has 2 N–H and O–H groups in total. The van der Waals surface area contributed by atoms with E-state index in [2.05, 4.69) is 31.4 Å². The van der Waals surface area contributed by atoms with Crippen molar-refractivity contribution in [2.75, 3.05) is 17.2 Å². The second-order valence-electron chi connectivity index (χ2n) is 6.18. The average Bonchev–Trinajstić information content (AvgIpc) is 2.46. The van der Waals surface area contributed by atoms with Crippen molar-refractivity contribution in [1.82, 2.24) is 0 Å². The van der Waals surface area contributed by atoms with E-state index < -0.39 is 0 Å². The third kappa shape index (κ3) is 4.07. The normalized spacial score (nSPS) is 11.1. The van der Waals surface area contributed by atoms with E-state index in [1.54, 1.807) is 18.2 Å². The Labute approximate surface area is 130 Å². The molecule has 0 radical (unpaired) electrons. The van der Waals surface area contributed by atoms with Gasteiger partial charge in [0.15, 0.2) is 0 Å². The summed E-state index contributed by atoms with van der Waals surface area (Å²) in [6, 6.07) is 14.0. The lowest BCUT2D eigenvalue weighted by Gasteiger charge is -2.23. The first-order chi connectivity index (χ1) is 10.4. The molecule has 0 fully saturated rings. The molecule has 2 aromatic rings. The molecule has 1 amide bonds. The van der Waals surface area contributed by atoms with Gasteiger partial charge in [-0.05, 0) is 29.2 Å². The van der Waals surface area contributed by atoms with Gasteiger partial charge in [0.1, 0.15) is 5.82 Å². The van der Waals surface area contributed by atoms with Gasteiger partial charge in [-0.1, -0.05) is 51.1 Å². The number of rotatable bonds is 4. The quantitative estimate of drug-likeness (QED) is 0.889. The van der Waals surface area contributed by atoms with Crippen LogP contribution in [0.2, 0.25) is 0 Å². The van der Waals surface area contributed by atoms with E-state index >= 15 is 0 Å². The third-order valence-corrected chi connectivity index (χ3v) is 3.32. The summed E-state index contributed by atoms with van der Waals surface area (Å²) in [7, 11) is 0. The molecule has 116 valence electrons. The number of hydrogen-bond donors (Lipinski definition) is 2. The molecule has 2 aromatic carbocycles. The van der Waals surface area contributed by atoms with Crippen molar-refractivity contribution in [3.63, 3.8) is 0 Å². The van der Waals surface area contributed by atoms with Gasteiger partial charge in [-0.15, -0.1) is 0 Å². The Balaban J connectivity index is 2.03. The van der Waals surface area contributed by atoms with Crippen LogP contribution in [-0.2, 0) is 10.2 Å². The van der Waals surface area contributed by atoms with Crippen LogP contribution >= 0.6 is 0 Å². The Morgan fingerprint density at radius 1 is 1.00 bits per heavy atom. The zero-order valence-electron chi connectivity index (χ0n) is 13.1. The lowest BCUT2D eigenvalue weighted by atomic mass is 9.86. The summed E-state index contributed by atoms with van der Waals surface area (Å²) < 4.78 is 13.5. The molecule has 0 saturated carbocycles. The van der Waals surface area contributed by atoms with Gasteiger partial charge in [0.2, 0.25) is 5.91 Å². The van der Waals surface area contributed by atoms with E-state index in [-0.39, 0.29) is 23.7 Å². The van der Waals surface area contributed by atoms with Crippen LogP contribution in [0.15, 0.2) is 48.5 Å². The molecule has 2 rings (SSSR count). The molecule has 0 heterocycles. The Morgan fingerprint density at radius 3 is 2.23 bits per heavy atom. The first kappa shape index (κ1) is 16.0. The summed E-state index contributed by atoms with van der Waals surface area (Å²) in [6.45, 7) is 6.29. The average molecular weight is 300 g/mol. The molecule has 0 bridgehead atoms. The predicted molar refractivity (Wildman–Crippen MR) is 88.7 cm³/mol. The number of benzene rings is 2. The maximum atomic E-state index is 13.5. The molecule has 22 heavy (non-hydrogen) atoms. The van der Waals surface area contributed by atoms with Gasteiger partial charge >= 0.3 is 0 Å². The number of hydrogen-bond acceptors (Lipinski definition) is 2. The van der Waals surface area contributed by atoms with Gasteiger partial charge < -0.3 is 10.6 Å². The maximum absolute atomic E-state index is 13.5. The van der Waals surface area contributed by atoms with Crippen LogP contribution in [0.1, 0.15) is 26.3 Å². The molecule has 3 nitrogen and oxygen atoms in total. The van der Waals surface area contributed by atoms with Gasteiger partial charge in [0.05, 0.1) is 12.2 Å².